The molecule has 0 aromatic heterocycles. The molecule has 4 nitrogen and oxygen atoms in total. The topological polar surface area (TPSA) is 55.6 Å². The van der Waals surface area contributed by atoms with Crippen LogP contribution < -0.4 is 5.73 Å². The molecule has 4 heteroatoms. The first-order valence-corrected chi connectivity index (χ1v) is 6.73. The smallest absolute Gasteiger partial charge is 0.254 e. The number of rotatable bonds is 2. The molecule has 2 fully saturated rings. The van der Waals surface area contributed by atoms with Gasteiger partial charge in [0.1, 0.15) is 5.60 Å². The Morgan fingerprint density at radius 3 is 2.59 bits per heavy atom. The molecule has 0 spiro atoms. The van der Waals surface area contributed by atoms with Crippen LogP contribution in [-0.2, 0) is 9.53 Å². The summed E-state index contributed by atoms with van der Waals surface area (Å²) in [4.78, 5) is 14.4. The number of nitrogens with two attached hydrogens (primary N) is 1. The van der Waals surface area contributed by atoms with Crippen LogP contribution in [0, 0.1) is 0 Å². The summed E-state index contributed by atoms with van der Waals surface area (Å²) in [6, 6.07) is 0.411. The number of ether oxygens (including phenoxy) is 1. The Balaban J connectivity index is 2.10. The van der Waals surface area contributed by atoms with Crippen molar-refractivity contribution in [2.75, 3.05) is 13.1 Å². The van der Waals surface area contributed by atoms with Gasteiger partial charge in [-0.2, -0.15) is 0 Å². The first kappa shape index (κ1) is 12.8. The van der Waals surface area contributed by atoms with Crippen LogP contribution in [0.5, 0.6) is 0 Å². The zero-order chi connectivity index (χ0) is 12.5. The third-order valence-electron chi connectivity index (χ3n) is 3.92. The molecule has 0 aromatic rings. The van der Waals surface area contributed by atoms with Crippen LogP contribution in [-0.4, -0.2) is 41.6 Å². The molecule has 1 aliphatic carbocycles. The fourth-order valence-electron chi connectivity index (χ4n) is 2.98. The van der Waals surface area contributed by atoms with E-state index in [1.54, 1.807) is 0 Å². The van der Waals surface area contributed by atoms with E-state index in [0.717, 1.165) is 12.8 Å². The molecule has 1 aliphatic heterocycles. The van der Waals surface area contributed by atoms with Crippen molar-refractivity contribution in [2.24, 2.45) is 5.73 Å². The summed E-state index contributed by atoms with van der Waals surface area (Å²) >= 11 is 0. The Labute approximate surface area is 103 Å². The lowest BCUT2D eigenvalue weighted by Crippen LogP contribution is -2.61. The maximum Gasteiger partial charge on any atom is 0.254 e. The lowest BCUT2D eigenvalue weighted by atomic mass is 9.91. The van der Waals surface area contributed by atoms with Crippen molar-refractivity contribution in [3.8, 4) is 0 Å². The molecule has 1 unspecified atom stereocenters. The molecule has 2 N–H and O–H groups in total. The minimum atomic E-state index is -0.709. The predicted octanol–water partition coefficient (Wildman–Crippen LogP) is 1.28. The Bertz CT molecular complexity index is 285. The molecule has 1 saturated heterocycles. The van der Waals surface area contributed by atoms with E-state index in [9.17, 15) is 4.79 Å². The summed E-state index contributed by atoms with van der Waals surface area (Å²) < 4.78 is 5.74. The average molecular weight is 240 g/mol. The van der Waals surface area contributed by atoms with Crippen molar-refractivity contribution in [3.63, 3.8) is 0 Å². The fourth-order valence-corrected chi connectivity index (χ4v) is 2.98. The number of carbonyl (C=O) groups is 1. The van der Waals surface area contributed by atoms with E-state index in [2.05, 4.69) is 0 Å². The standard InChI is InChI=1S/C13H24N2O2/c1-13(2)12(16)15(9-11(8-14)17-13)10-6-4-3-5-7-10/h10-11H,3-9,14H2,1-2H3. The molecule has 1 saturated carbocycles. The molecule has 1 amide bonds. The van der Waals surface area contributed by atoms with Gasteiger partial charge in [0.25, 0.3) is 5.91 Å². The van der Waals surface area contributed by atoms with Gasteiger partial charge >= 0.3 is 0 Å². The quantitative estimate of drug-likeness (QED) is 0.791. The van der Waals surface area contributed by atoms with E-state index in [-0.39, 0.29) is 12.0 Å². The van der Waals surface area contributed by atoms with Crippen molar-refractivity contribution in [1.29, 1.82) is 0 Å². The third-order valence-corrected chi connectivity index (χ3v) is 3.92. The second kappa shape index (κ2) is 4.94. The molecule has 1 atom stereocenters. The highest BCUT2D eigenvalue weighted by Gasteiger charge is 2.43. The van der Waals surface area contributed by atoms with Gasteiger partial charge < -0.3 is 15.4 Å². The van der Waals surface area contributed by atoms with Crippen molar-refractivity contribution < 1.29 is 9.53 Å². The zero-order valence-electron chi connectivity index (χ0n) is 10.9. The molecule has 0 radical (unpaired) electrons. The van der Waals surface area contributed by atoms with Crippen LogP contribution in [0.2, 0.25) is 0 Å². The second-order valence-corrected chi connectivity index (χ2v) is 5.74. The van der Waals surface area contributed by atoms with Gasteiger partial charge in [-0.15, -0.1) is 0 Å². The lowest BCUT2D eigenvalue weighted by Gasteiger charge is -2.46. The first-order chi connectivity index (χ1) is 8.04. The summed E-state index contributed by atoms with van der Waals surface area (Å²) in [5.41, 5.74) is 4.99. The average Bonchev–Trinajstić information content (AvgIpc) is 2.33. The van der Waals surface area contributed by atoms with E-state index in [0.29, 0.717) is 19.1 Å². The summed E-state index contributed by atoms with van der Waals surface area (Å²) in [7, 11) is 0. The van der Waals surface area contributed by atoms with Crippen molar-refractivity contribution >= 4 is 5.91 Å². The molecular formula is C13H24N2O2. The van der Waals surface area contributed by atoms with Crippen LogP contribution in [0.25, 0.3) is 0 Å². The summed E-state index contributed by atoms with van der Waals surface area (Å²) in [5, 5.41) is 0. The lowest BCUT2D eigenvalue weighted by molar-refractivity contribution is -0.182. The van der Waals surface area contributed by atoms with E-state index < -0.39 is 5.60 Å². The maximum absolute atomic E-state index is 12.4. The first-order valence-electron chi connectivity index (χ1n) is 6.73. The van der Waals surface area contributed by atoms with Crippen molar-refractivity contribution in [2.45, 2.75) is 63.7 Å². The molecule has 0 bridgehead atoms. The van der Waals surface area contributed by atoms with E-state index >= 15 is 0 Å². The number of hydrogen-bond donors (Lipinski definition) is 1. The Kier molecular flexibility index (Phi) is 3.73. The number of nitrogens with zero attached hydrogens (tertiary/aromatic N) is 1. The van der Waals surface area contributed by atoms with Gasteiger partial charge in [-0.1, -0.05) is 19.3 Å². The SMILES string of the molecule is CC1(C)OC(CN)CN(C2CCCCC2)C1=O. The van der Waals surface area contributed by atoms with Gasteiger partial charge in [-0.3, -0.25) is 4.79 Å². The van der Waals surface area contributed by atoms with Gasteiger partial charge in [0.05, 0.1) is 6.10 Å². The Morgan fingerprint density at radius 2 is 2.00 bits per heavy atom. The molecule has 1 heterocycles. The van der Waals surface area contributed by atoms with Crippen LogP contribution in [0.1, 0.15) is 46.0 Å². The Hall–Kier alpha value is -0.610. The van der Waals surface area contributed by atoms with Crippen LogP contribution in [0.15, 0.2) is 0 Å². The third kappa shape index (κ3) is 2.63. The van der Waals surface area contributed by atoms with Crippen molar-refractivity contribution in [3.05, 3.63) is 0 Å². The Morgan fingerprint density at radius 1 is 1.35 bits per heavy atom. The van der Waals surface area contributed by atoms with Crippen LogP contribution >= 0.6 is 0 Å². The van der Waals surface area contributed by atoms with Crippen LogP contribution in [0.4, 0.5) is 0 Å². The zero-order valence-corrected chi connectivity index (χ0v) is 10.9. The van der Waals surface area contributed by atoms with Gasteiger partial charge in [-0.05, 0) is 26.7 Å². The number of amides is 1. The number of hydrogen-bond acceptors (Lipinski definition) is 3. The highest BCUT2D eigenvalue weighted by molar-refractivity contribution is 5.85. The van der Waals surface area contributed by atoms with Gasteiger partial charge in [0.15, 0.2) is 0 Å². The number of morpholine rings is 1. The van der Waals surface area contributed by atoms with Gasteiger partial charge in [0, 0.05) is 19.1 Å². The molecule has 2 aliphatic rings. The van der Waals surface area contributed by atoms with E-state index in [4.69, 9.17) is 10.5 Å². The van der Waals surface area contributed by atoms with E-state index in [1.165, 1.54) is 19.3 Å². The highest BCUT2D eigenvalue weighted by Crippen LogP contribution is 2.29. The molecule has 0 aromatic carbocycles. The van der Waals surface area contributed by atoms with Crippen molar-refractivity contribution in [1.82, 2.24) is 4.90 Å². The summed E-state index contributed by atoms with van der Waals surface area (Å²) in [6.07, 6.45) is 6.05. The molecule has 98 valence electrons. The summed E-state index contributed by atoms with van der Waals surface area (Å²) in [5.74, 6) is 0.133. The minimum Gasteiger partial charge on any atom is -0.359 e. The molecule has 2 rings (SSSR count). The largest absolute Gasteiger partial charge is 0.359 e. The minimum absolute atomic E-state index is 0.00961. The predicted molar refractivity (Wildman–Crippen MR) is 66.6 cm³/mol. The fraction of sp³-hybridized carbons (Fsp3) is 0.923. The number of carbonyl (C=O) groups excluding carboxylic acids is 1. The van der Waals surface area contributed by atoms with Crippen LogP contribution in [0.3, 0.4) is 0 Å². The van der Waals surface area contributed by atoms with E-state index in [1.807, 2.05) is 18.7 Å². The maximum atomic E-state index is 12.4. The normalized spacial score (nSPS) is 30.6. The van der Waals surface area contributed by atoms with Gasteiger partial charge in [-0.25, -0.2) is 0 Å². The summed E-state index contributed by atoms with van der Waals surface area (Å²) in [6.45, 7) is 4.86. The molecule has 17 heavy (non-hydrogen) atoms. The highest BCUT2D eigenvalue weighted by atomic mass is 16.5. The monoisotopic (exact) mass is 240 g/mol. The van der Waals surface area contributed by atoms with Gasteiger partial charge in [0.2, 0.25) is 0 Å². The molecular weight excluding hydrogens is 216 g/mol. The second-order valence-electron chi connectivity index (χ2n) is 5.74.